The van der Waals surface area contributed by atoms with Gasteiger partial charge in [-0.15, -0.1) is 0 Å². The van der Waals surface area contributed by atoms with E-state index in [0.717, 1.165) is 51.1 Å². The zero-order valence-corrected chi connectivity index (χ0v) is 12.2. The van der Waals surface area contributed by atoms with Crippen LogP contribution in [0.15, 0.2) is 24.3 Å². The zero-order chi connectivity index (χ0) is 13.9. The van der Waals surface area contributed by atoms with Gasteiger partial charge in [0, 0.05) is 6.54 Å². The largest absolute Gasteiger partial charge is 0.494 e. The van der Waals surface area contributed by atoms with E-state index in [2.05, 4.69) is 24.4 Å². The Morgan fingerprint density at radius 1 is 1.21 bits per heavy atom. The van der Waals surface area contributed by atoms with E-state index in [-0.39, 0.29) is 6.10 Å². The van der Waals surface area contributed by atoms with Crippen molar-refractivity contribution in [3.63, 3.8) is 0 Å². The van der Waals surface area contributed by atoms with Gasteiger partial charge in [-0.2, -0.15) is 0 Å². The molecular formula is C16H27NO2. The highest BCUT2D eigenvalue weighted by atomic mass is 16.5. The van der Waals surface area contributed by atoms with Crippen molar-refractivity contribution in [1.29, 1.82) is 0 Å². The molecule has 1 atom stereocenters. The molecule has 0 saturated heterocycles. The highest BCUT2D eigenvalue weighted by Gasteiger charge is 2.00. The summed E-state index contributed by atoms with van der Waals surface area (Å²) in [5.41, 5.74) is 1.24. The average Bonchev–Trinajstić information content (AvgIpc) is 2.45. The summed E-state index contributed by atoms with van der Waals surface area (Å²) in [6, 6.07) is 8.22. The summed E-state index contributed by atoms with van der Waals surface area (Å²) in [5, 5.41) is 12.8. The molecule has 0 aromatic heterocycles. The van der Waals surface area contributed by atoms with Crippen molar-refractivity contribution in [2.75, 3.05) is 13.2 Å². The maximum Gasteiger partial charge on any atom is 0.119 e. The van der Waals surface area contributed by atoms with Gasteiger partial charge < -0.3 is 15.2 Å². The van der Waals surface area contributed by atoms with E-state index in [1.165, 1.54) is 5.56 Å². The molecule has 1 rings (SSSR count). The maximum atomic E-state index is 9.44. The summed E-state index contributed by atoms with van der Waals surface area (Å²) in [6.45, 7) is 6.65. The van der Waals surface area contributed by atoms with Crippen LogP contribution in [-0.2, 0) is 6.54 Å². The summed E-state index contributed by atoms with van der Waals surface area (Å²) < 4.78 is 5.62. The molecule has 3 heteroatoms. The van der Waals surface area contributed by atoms with Gasteiger partial charge in [0.25, 0.3) is 0 Å². The van der Waals surface area contributed by atoms with Gasteiger partial charge in [-0.1, -0.05) is 32.4 Å². The molecule has 0 aliphatic rings. The molecule has 0 bridgehead atoms. The molecule has 0 radical (unpaired) electrons. The van der Waals surface area contributed by atoms with Crippen LogP contribution in [0.2, 0.25) is 0 Å². The van der Waals surface area contributed by atoms with Crippen LogP contribution in [0.5, 0.6) is 5.75 Å². The molecule has 0 saturated carbocycles. The fourth-order valence-electron chi connectivity index (χ4n) is 1.74. The Bertz CT molecular complexity index is 324. The van der Waals surface area contributed by atoms with Gasteiger partial charge in [0.1, 0.15) is 5.75 Å². The molecule has 1 unspecified atom stereocenters. The monoisotopic (exact) mass is 265 g/mol. The fourth-order valence-corrected chi connectivity index (χ4v) is 1.74. The smallest absolute Gasteiger partial charge is 0.119 e. The van der Waals surface area contributed by atoms with Gasteiger partial charge >= 0.3 is 0 Å². The van der Waals surface area contributed by atoms with Crippen LogP contribution < -0.4 is 10.1 Å². The zero-order valence-electron chi connectivity index (χ0n) is 12.2. The van der Waals surface area contributed by atoms with E-state index in [0.29, 0.717) is 0 Å². The van der Waals surface area contributed by atoms with Gasteiger partial charge in [-0.05, 0) is 43.5 Å². The van der Waals surface area contributed by atoms with E-state index >= 15 is 0 Å². The van der Waals surface area contributed by atoms with E-state index in [9.17, 15) is 5.11 Å². The van der Waals surface area contributed by atoms with Crippen molar-refractivity contribution in [3.8, 4) is 5.75 Å². The highest BCUT2D eigenvalue weighted by molar-refractivity contribution is 5.27. The first-order valence-electron chi connectivity index (χ1n) is 7.36. The van der Waals surface area contributed by atoms with Gasteiger partial charge in [0.15, 0.2) is 0 Å². The normalized spacial score (nSPS) is 12.4. The second-order valence-electron chi connectivity index (χ2n) is 4.87. The quantitative estimate of drug-likeness (QED) is 0.639. The Morgan fingerprint density at radius 2 is 1.95 bits per heavy atom. The molecule has 1 aromatic rings. The number of benzene rings is 1. The van der Waals surface area contributed by atoms with Crippen molar-refractivity contribution in [1.82, 2.24) is 5.32 Å². The first kappa shape index (κ1) is 16.0. The van der Waals surface area contributed by atoms with E-state index in [1.54, 1.807) is 0 Å². The van der Waals surface area contributed by atoms with Crippen molar-refractivity contribution < 1.29 is 9.84 Å². The summed E-state index contributed by atoms with van der Waals surface area (Å²) in [6.07, 6.45) is 3.72. The van der Waals surface area contributed by atoms with Gasteiger partial charge in [-0.25, -0.2) is 0 Å². The maximum absolute atomic E-state index is 9.44. The average molecular weight is 265 g/mol. The Balaban J connectivity index is 2.20. The number of aliphatic hydroxyl groups is 1. The second kappa shape index (κ2) is 9.82. The summed E-state index contributed by atoms with van der Waals surface area (Å²) >= 11 is 0. The number of aliphatic hydroxyl groups excluding tert-OH is 1. The van der Waals surface area contributed by atoms with Gasteiger partial charge in [-0.3, -0.25) is 0 Å². The van der Waals surface area contributed by atoms with E-state index in [4.69, 9.17) is 4.74 Å². The van der Waals surface area contributed by atoms with Crippen LogP contribution in [0.1, 0.15) is 45.1 Å². The third-order valence-electron chi connectivity index (χ3n) is 3.14. The fraction of sp³-hybridized carbons (Fsp3) is 0.625. The van der Waals surface area contributed by atoms with Crippen LogP contribution in [0, 0.1) is 0 Å². The number of nitrogens with one attached hydrogen (secondary N) is 1. The van der Waals surface area contributed by atoms with Crippen molar-refractivity contribution in [2.45, 2.75) is 52.2 Å². The molecule has 19 heavy (non-hydrogen) atoms. The van der Waals surface area contributed by atoms with Crippen LogP contribution in [0.4, 0.5) is 0 Å². The summed E-state index contributed by atoms with van der Waals surface area (Å²) in [4.78, 5) is 0. The SMILES string of the molecule is CCCCOc1ccc(CNCCC(O)CC)cc1. The lowest BCUT2D eigenvalue weighted by Gasteiger charge is -2.09. The number of rotatable bonds is 10. The Kier molecular flexibility index (Phi) is 8.26. The minimum Gasteiger partial charge on any atom is -0.494 e. The molecule has 108 valence electrons. The first-order chi connectivity index (χ1) is 9.26. The molecule has 3 nitrogen and oxygen atoms in total. The molecule has 0 aliphatic carbocycles. The third-order valence-corrected chi connectivity index (χ3v) is 3.14. The molecule has 2 N–H and O–H groups in total. The number of unbranched alkanes of at least 4 members (excludes halogenated alkanes) is 1. The van der Waals surface area contributed by atoms with E-state index < -0.39 is 0 Å². The van der Waals surface area contributed by atoms with E-state index in [1.807, 2.05) is 19.1 Å². The standard InChI is InChI=1S/C16H27NO2/c1-3-5-12-19-16-8-6-14(7-9-16)13-17-11-10-15(18)4-2/h6-9,15,17-18H,3-5,10-13H2,1-2H3. The second-order valence-corrected chi connectivity index (χ2v) is 4.87. The minimum absolute atomic E-state index is 0.179. The van der Waals surface area contributed by atoms with Gasteiger partial charge in [0.2, 0.25) is 0 Å². The highest BCUT2D eigenvalue weighted by Crippen LogP contribution is 2.12. The first-order valence-corrected chi connectivity index (χ1v) is 7.36. The molecule has 0 amide bonds. The van der Waals surface area contributed by atoms with Crippen molar-refractivity contribution in [2.24, 2.45) is 0 Å². The summed E-state index contributed by atoms with van der Waals surface area (Å²) in [7, 11) is 0. The van der Waals surface area contributed by atoms with Crippen LogP contribution >= 0.6 is 0 Å². The summed E-state index contributed by atoms with van der Waals surface area (Å²) in [5.74, 6) is 0.943. The molecular weight excluding hydrogens is 238 g/mol. The lowest BCUT2D eigenvalue weighted by molar-refractivity contribution is 0.159. The van der Waals surface area contributed by atoms with Crippen molar-refractivity contribution >= 4 is 0 Å². The molecule has 0 heterocycles. The molecule has 0 aliphatic heterocycles. The lowest BCUT2D eigenvalue weighted by atomic mass is 10.2. The van der Waals surface area contributed by atoms with Crippen LogP contribution in [-0.4, -0.2) is 24.4 Å². The topological polar surface area (TPSA) is 41.5 Å². The predicted octanol–water partition coefficient (Wildman–Crippen LogP) is 3.12. The van der Waals surface area contributed by atoms with Crippen LogP contribution in [0.25, 0.3) is 0 Å². The molecule has 0 fully saturated rings. The molecule has 0 spiro atoms. The minimum atomic E-state index is -0.179. The Morgan fingerprint density at radius 3 is 2.58 bits per heavy atom. The third kappa shape index (κ3) is 7.19. The lowest BCUT2D eigenvalue weighted by Crippen LogP contribution is -2.19. The van der Waals surface area contributed by atoms with Gasteiger partial charge in [0.05, 0.1) is 12.7 Å². The Labute approximate surface area is 117 Å². The predicted molar refractivity (Wildman–Crippen MR) is 79.5 cm³/mol. The number of hydrogen-bond donors (Lipinski definition) is 2. The van der Waals surface area contributed by atoms with Crippen LogP contribution in [0.3, 0.4) is 0 Å². The molecule has 1 aromatic carbocycles. The Hall–Kier alpha value is -1.06. The number of hydrogen-bond acceptors (Lipinski definition) is 3. The number of ether oxygens (including phenoxy) is 1. The van der Waals surface area contributed by atoms with Crippen molar-refractivity contribution in [3.05, 3.63) is 29.8 Å².